The van der Waals surface area contributed by atoms with Gasteiger partial charge in [0.2, 0.25) is 0 Å². The highest BCUT2D eigenvalue weighted by Gasteiger charge is 2.19. The highest BCUT2D eigenvalue weighted by Crippen LogP contribution is 2.13. The average molecular weight is 1100 g/mol. The van der Waals surface area contributed by atoms with Gasteiger partial charge in [-0.05, 0) is 148 Å². The SMILES string of the molecule is CC/C=C\C/C=C\C/C=C\C/C=C\C/C=C\C/C=C\C/C=C\C/C=C\C/C=C\CCCC(=O)OCC(COC(=O)CCCCCCC/C=C\C/C=C\CCCC)OC(=O)CCCCCCCC/C=C\C/C=C\C/C=C\C/C=C\CC. The van der Waals surface area contributed by atoms with Gasteiger partial charge in [0.05, 0.1) is 0 Å². The third-order valence-corrected chi connectivity index (χ3v) is 12.6. The minimum Gasteiger partial charge on any atom is -0.462 e. The van der Waals surface area contributed by atoms with Crippen LogP contribution in [0.25, 0.3) is 0 Å². The summed E-state index contributed by atoms with van der Waals surface area (Å²) in [4.78, 5) is 38.3. The first kappa shape index (κ1) is 74.5. The van der Waals surface area contributed by atoms with E-state index < -0.39 is 6.10 Å². The second-order valence-corrected chi connectivity index (χ2v) is 20.2. The van der Waals surface area contributed by atoms with Crippen LogP contribution in [0.1, 0.15) is 245 Å². The molecule has 0 fully saturated rings. The molecule has 0 rings (SSSR count). The lowest BCUT2D eigenvalue weighted by Crippen LogP contribution is -2.30. The number of carbonyl (C=O) groups excluding carboxylic acids is 3. The molecule has 446 valence electrons. The molecule has 0 aliphatic heterocycles. The quantitative estimate of drug-likeness (QED) is 0.0261. The van der Waals surface area contributed by atoms with Crippen LogP contribution in [-0.4, -0.2) is 37.2 Å². The van der Waals surface area contributed by atoms with E-state index in [4.69, 9.17) is 14.2 Å². The van der Waals surface area contributed by atoms with E-state index in [0.29, 0.717) is 12.8 Å². The normalized spacial score (nSPS) is 13.4. The molecular weight excluding hydrogens is 985 g/mol. The first-order valence-electron chi connectivity index (χ1n) is 31.8. The van der Waals surface area contributed by atoms with Gasteiger partial charge in [-0.1, -0.05) is 261 Å². The molecule has 0 heterocycles. The molecule has 0 amide bonds. The minimum atomic E-state index is -0.827. The van der Waals surface area contributed by atoms with Crippen molar-refractivity contribution in [1.29, 1.82) is 0 Å². The van der Waals surface area contributed by atoms with Crippen molar-refractivity contribution in [1.82, 2.24) is 0 Å². The number of esters is 3. The van der Waals surface area contributed by atoms with Crippen LogP contribution in [0.5, 0.6) is 0 Å². The number of carbonyl (C=O) groups is 3. The largest absolute Gasteiger partial charge is 0.462 e. The van der Waals surface area contributed by atoms with Crippen LogP contribution in [-0.2, 0) is 28.6 Å². The maximum absolute atomic E-state index is 12.9. The number of rotatable bonds is 55. The van der Waals surface area contributed by atoms with Gasteiger partial charge in [0.15, 0.2) is 6.10 Å². The third kappa shape index (κ3) is 63.3. The van der Waals surface area contributed by atoms with Gasteiger partial charge in [-0.2, -0.15) is 0 Å². The van der Waals surface area contributed by atoms with Gasteiger partial charge < -0.3 is 14.2 Å². The second-order valence-electron chi connectivity index (χ2n) is 20.2. The maximum atomic E-state index is 12.9. The fourth-order valence-corrected chi connectivity index (χ4v) is 7.92. The van der Waals surface area contributed by atoms with Gasteiger partial charge >= 0.3 is 17.9 Å². The van der Waals surface area contributed by atoms with Crippen LogP contribution in [0.3, 0.4) is 0 Å². The van der Waals surface area contributed by atoms with E-state index in [9.17, 15) is 14.4 Å². The minimum absolute atomic E-state index is 0.118. The number of unbranched alkanes of at least 4 members (excludes halogenated alkanes) is 14. The predicted molar refractivity (Wildman–Crippen MR) is 348 cm³/mol. The average Bonchev–Trinajstić information content (AvgIpc) is 3.46. The Morgan fingerprint density at radius 2 is 0.500 bits per heavy atom. The zero-order valence-corrected chi connectivity index (χ0v) is 51.0. The lowest BCUT2D eigenvalue weighted by Gasteiger charge is -2.18. The zero-order chi connectivity index (χ0) is 57.8. The molecule has 0 aromatic carbocycles. The van der Waals surface area contributed by atoms with Gasteiger partial charge in [-0.15, -0.1) is 0 Å². The predicted octanol–water partition coefficient (Wildman–Crippen LogP) is 22.0. The summed E-state index contributed by atoms with van der Waals surface area (Å²) in [5.74, 6) is -1.02. The van der Waals surface area contributed by atoms with Crippen molar-refractivity contribution in [3.63, 3.8) is 0 Å². The van der Waals surface area contributed by atoms with Crippen molar-refractivity contribution in [2.75, 3.05) is 13.2 Å². The van der Waals surface area contributed by atoms with Crippen LogP contribution in [0.2, 0.25) is 0 Å². The molecule has 0 aromatic rings. The van der Waals surface area contributed by atoms with Gasteiger partial charge in [0.25, 0.3) is 0 Å². The van der Waals surface area contributed by atoms with E-state index in [0.717, 1.165) is 167 Å². The molecule has 0 aromatic heterocycles. The number of hydrogen-bond acceptors (Lipinski definition) is 6. The van der Waals surface area contributed by atoms with Gasteiger partial charge in [0.1, 0.15) is 13.2 Å². The fourth-order valence-electron chi connectivity index (χ4n) is 7.92. The van der Waals surface area contributed by atoms with Crippen molar-refractivity contribution in [3.8, 4) is 0 Å². The first-order chi connectivity index (χ1) is 39.5. The molecule has 6 heteroatoms. The summed E-state index contributed by atoms with van der Waals surface area (Å²) in [6.45, 7) is 6.29. The van der Waals surface area contributed by atoms with Crippen LogP contribution >= 0.6 is 0 Å². The van der Waals surface area contributed by atoms with Crippen molar-refractivity contribution in [2.45, 2.75) is 252 Å². The van der Waals surface area contributed by atoms with Gasteiger partial charge in [-0.25, -0.2) is 0 Å². The fraction of sp³-hybridized carbons (Fsp3) is 0.554. The Bertz CT molecular complexity index is 1890. The Kier molecular flexibility index (Phi) is 61.5. The van der Waals surface area contributed by atoms with Crippen molar-refractivity contribution in [3.05, 3.63) is 182 Å². The zero-order valence-electron chi connectivity index (χ0n) is 51.0. The molecule has 0 radical (unpaired) electrons. The maximum Gasteiger partial charge on any atom is 0.306 e. The van der Waals surface area contributed by atoms with Gasteiger partial charge in [0, 0.05) is 19.3 Å². The van der Waals surface area contributed by atoms with E-state index >= 15 is 0 Å². The summed E-state index contributed by atoms with van der Waals surface area (Å²) in [6, 6.07) is 0. The van der Waals surface area contributed by atoms with E-state index in [-0.39, 0.29) is 44.0 Å². The van der Waals surface area contributed by atoms with Crippen LogP contribution in [0, 0.1) is 0 Å². The Labute approximate surface area is 491 Å². The molecule has 0 saturated carbocycles. The second kappa shape index (κ2) is 66.0. The summed E-state index contributed by atoms with van der Waals surface area (Å²) >= 11 is 0. The van der Waals surface area contributed by atoms with E-state index in [1.807, 2.05) is 0 Å². The molecule has 6 nitrogen and oxygen atoms in total. The summed E-state index contributed by atoms with van der Waals surface area (Å²) in [6.07, 6.45) is 98.9. The van der Waals surface area contributed by atoms with Crippen molar-refractivity contribution < 1.29 is 28.6 Å². The summed E-state index contributed by atoms with van der Waals surface area (Å²) in [5, 5.41) is 0. The molecule has 1 atom stereocenters. The van der Waals surface area contributed by atoms with Gasteiger partial charge in [-0.3, -0.25) is 14.4 Å². The van der Waals surface area contributed by atoms with E-state index in [2.05, 4.69) is 203 Å². The summed E-state index contributed by atoms with van der Waals surface area (Å²) in [7, 11) is 0. The number of allylic oxidation sites excluding steroid dienone is 30. The summed E-state index contributed by atoms with van der Waals surface area (Å²) < 4.78 is 16.8. The van der Waals surface area contributed by atoms with E-state index in [1.165, 1.54) is 32.1 Å². The Morgan fingerprint density at radius 3 is 0.812 bits per heavy atom. The molecule has 0 aliphatic rings. The Morgan fingerprint density at radius 1 is 0.263 bits per heavy atom. The first-order valence-corrected chi connectivity index (χ1v) is 31.8. The van der Waals surface area contributed by atoms with Crippen LogP contribution in [0.4, 0.5) is 0 Å². The highest BCUT2D eigenvalue weighted by molar-refractivity contribution is 5.71. The van der Waals surface area contributed by atoms with Crippen LogP contribution < -0.4 is 0 Å². The Balaban J connectivity index is 4.52. The molecule has 80 heavy (non-hydrogen) atoms. The van der Waals surface area contributed by atoms with Crippen molar-refractivity contribution in [2.24, 2.45) is 0 Å². The third-order valence-electron chi connectivity index (χ3n) is 12.6. The molecule has 0 spiro atoms. The number of hydrogen-bond donors (Lipinski definition) is 0. The van der Waals surface area contributed by atoms with E-state index in [1.54, 1.807) is 0 Å². The lowest BCUT2D eigenvalue weighted by atomic mass is 10.1. The summed E-state index contributed by atoms with van der Waals surface area (Å²) in [5.41, 5.74) is 0. The monoisotopic (exact) mass is 1100 g/mol. The standard InChI is InChI=1S/C74H114O6/c1-4-7-10-13-16-19-22-25-28-30-32-33-34-35-36-37-38-39-40-41-43-44-46-49-52-55-58-61-64-67-73(76)79-70-71(69-78-72(75)66-63-60-57-54-51-48-27-24-21-18-15-12-9-6-3)80-74(77)68-65-62-59-56-53-50-47-45-42-31-29-26-23-20-17-14-11-8-5-2/h7-8,10-11,15-20,24-29,32-33,35-36,38-39,41-43,45-46,49,55,58,71H,4-6,9,12-14,21-23,30-31,34,37,40,44,47-48,50-54,56-57,59-70H2,1-3H3/b10-7-,11-8-,18-15-,19-16-,20-17-,27-24-,28-25-,29-26-,33-32-,36-35-,39-38-,43-41-,45-42-,49-46-,58-55-. The topological polar surface area (TPSA) is 78.9 Å². The number of ether oxygens (including phenoxy) is 3. The Hall–Kier alpha value is -5.49. The molecule has 0 bridgehead atoms. The molecule has 0 N–H and O–H groups in total. The molecule has 1 unspecified atom stereocenters. The van der Waals surface area contributed by atoms with Crippen molar-refractivity contribution >= 4 is 17.9 Å². The highest BCUT2D eigenvalue weighted by atomic mass is 16.6. The smallest absolute Gasteiger partial charge is 0.306 e. The lowest BCUT2D eigenvalue weighted by molar-refractivity contribution is -0.167. The molecular formula is C74H114O6. The molecule has 0 saturated heterocycles. The van der Waals surface area contributed by atoms with Crippen LogP contribution in [0.15, 0.2) is 182 Å². The molecule has 0 aliphatic carbocycles.